The van der Waals surface area contributed by atoms with E-state index in [2.05, 4.69) is 15.9 Å². The molecular formula is C29H31BrF4N2O4. The maximum absolute atomic E-state index is 14.7. The maximum Gasteiger partial charge on any atom is 0.416 e. The first-order chi connectivity index (χ1) is 18.8. The molecule has 0 spiro atoms. The van der Waals surface area contributed by atoms with Crippen LogP contribution in [-0.4, -0.2) is 21.7 Å². The summed E-state index contributed by atoms with van der Waals surface area (Å²) in [5.41, 5.74) is -3.20. The van der Waals surface area contributed by atoms with Crippen LogP contribution in [0.2, 0.25) is 0 Å². The Morgan fingerprint density at radius 3 is 2.30 bits per heavy atom. The van der Waals surface area contributed by atoms with Gasteiger partial charge in [0.15, 0.2) is 0 Å². The molecule has 0 fully saturated rings. The third-order valence-electron chi connectivity index (χ3n) is 7.00. The summed E-state index contributed by atoms with van der Waals surface area (Å²) in [6, 6.07) is 11.8. The molecule has 6 nitrogen and oxygen atoms in total. The van der Waals surface area contributed by atoms with Crippen molar-refractivity contribution in [3.8, 4) is 0 Å². The van der Waals surface area contributed by atoms with Crippen molar-refractivity contribution in [1.82, 2.24) is 9.13 Å². The number of ether oxygens (including phenoxy) is 1. The summed E-state index contributed by atoms with van der Waals surface area (Å²) in [6.07, 6.45) is -2.99. The minimum Gasteiger partial charge on any atom is -0.466 e. The first kappa shape index (κ1) is 31.3. The summed E-state index contributed by atoms with van der Waals surface area (Å²) in [6.45, 7) is 4.51. The number of rotatable bonds is 11. The lowest BCUT2D eigenvalue weighted by Crippen LogP contribution is -2.46. The summed E-state index contributed by atoms with van der Waals surface area (Å²) in [7, 11) is 0. The van der Waals surface area contributed by atoms with Crippen molar-refractivity contribution in [3.05, 3.63) is 102 Å². The highest BCUT2D eigenvalue weighted by atomic mass is 79.9. The number of unbranched alkanes of at least 4 members (excludes halogenated alkanes) is 1. The molecule has 2 aromatic carbocycles. The fourth-order valence-corrected chi connectivity index (χ4v) is 5.19. The highest BCUT2D eigenvalue weighted by Crippen LogP contribution is 2.34. The molecule has 3 rings (SSSR count). The smallest absolute Gasteiger partial charge is 0.416 e. The van der Waals surface area contributed by atoms with E-state index in [1.54, 1.807) is 6.92 Å². The van der Waals surface area contributed by atoms with Gasteiger partial charge in [-0.15, -0.1) is 0 Å². The topological polar surface area (TPSA) is 70.3 Å². The number of esters is 1. The van der Waals surface area contributed by atoms with Crippen molar-refractivity contribution in [2.24, 2.45) is 0 Å². The van der Waals surface area contributed by atoms with Gasteiger partial charge in [0, 0.05) is 29.6 Å². The molecule has 0 aliphatic heterocycles. The molecule has 1 heterocycles. The Labute approximate surface area is 237 Å². The van der Waals surface area contributed by atoms with Gasteiger partial charge in [0.2, 0.25) is 0 Å². The van der Waals surface area contributed by atoms with Crippen LogP contribution in [0.3, 0.4) is 0 Å². The zero-order valence-electron chi connectivity index (χ0n) is 22.5. The van der Waals surface area contributed by atoms with E-state index < -0.39 is 46.3 Å². The van der Waals surface area contributed by atoms with Crippen molar-refractivity contribution >= 4 is 21.9 Å². The van der Waals surface area contributed by atoms with Crippen LogP contribution in [0.25, 0.3) is 0 Å². The third-order valence-corrected chi connectivity index (χ3v) is 7.91. The first-order valence-corrected chi connectivity index (χ1v) is 13.6. The van der Waals surface area contributed by atoms with E-state index in [-0.39, 0.29) is 35.7 Å². The van der Waals surface area contributed by atoms with Crippen LogP contribution in [0.15, 0.2) is 62.6 Å². The fourth-order valence-electron chi connectivity index (χ4n) is 4.76. The van der Waals surface area contributed by atoms with Crippen molar-refractivity contribution in [2.75, 3.05) is 6.61 Å². The van der Waals surface area contributed by atoms with Gasteiger partial charge in [-0.05, 0) is 60.3 Å². The SMILES string of the molecule is CCOC(=O)CCCCC(C)(Cn1c(=O)c(Br)c(C)n(Cc2c(F)cccc2C(F)(F)F)c1=O)c1ccccc1. The van der Waals surface area contributed by atoms with Gasteiger partial charge in [0.25, 0.3) is 5.56 Å². The predicted molar refractivity (Wildman–Crippen MR) is 147 cm³/mol. The normalized spacial score (nSPS) is 13.2. The van der Waals surface area contributed by atoms with E-state index in [0.29, 0.717) is 19.3 Å². The van der Waals surface area contributed by atoms with Crippen LogP contribution in [0.4, 0.5) is 17.6 Å². The van der Waals surface area contributed by atoms with Crippen LogP contribution in [0, 0.1) is 12.7 Å². The number of halogens is 5. The lowest BCUT2D eigenvalue weighted by Gasteiger charge is -2.31. The minimum atomic E-state index is -4.84. The first-order valence-electron chi connectivity index (χ1n) is 12.9. The van der Waals surface area contributed by atoms with E-state index in [1.165, 1.54) is 6.92 Å². The van der Waals surface area contributed by atoms with E-state index in [9.17, 15) is 31.9 Å². The van der Waals surface area contributed by atoms with Gasteiger partial charge in [-0.25, -0.2) is 9.18 Å². The Morgan fingerprint density at radius 2 is 1.68 bits per heavy atom. The van der Waals surface area contributed by atoms with Gasteiger partial charge in [0.1, 0.15) is 10.3 Å². The van der Waals surface area contributed by atoms with Gasteiger partial charge in [-0.2, -0.15) is 13.2 Å². The fraction of sp³-hybridized carbons (Fsp3) is 0.414. The molecule has 1 atom stereocenters. The predicted octanol–water partition coefficient (Wildman–Crippen LogP) is 6.37. The van der Waals surface area contributed by atoms with Crippen molar-refractivity contribution in [3.63, 3.8) is 0 Å². The summed E-state index contributed by atoms with van der Waals surface area (Å²) < 4.78 is 62.6. The maximum atomic E-state index is 14.7. The highest BCUT2D eigenvalue weighted by molar-refractivity contribution is 9.10. The molecule has 216 valence electrons. The summed E-state index contributed by atoms with van der Waals surface area (Å²) in [5.74, 6) is -1.41. The molecule has 11 heteroatoms. The minimum absolute atomic E-state index is 0.00489. The summed E-state index contributed by atoms with van der Waals surface area (Å²) in [5, 5.41) is 0. The van der Waals surface area contributed by atoms with Gasteiger partial charge in [0.05, 0.1) is 18.7 Å². The lowest BCUT2D eigenvalue weighted by atomic mass is 9.78. The monoisotopic (exact) mass is 626 g/mol. The molecule has 40 heavy (non-hydrogen) atoms. The second-order valence-corrected chi connectivity index (χ2v) is 10.7. The average molecular weight is 627 g/mol. The number of carbonyl (C=O) groups is 1. The molecule has 1 unspecified atom stereocenters. The van der Waals surface area contributed by atoms with Gasteiger partial charge >= 0.3 is 17.8 Å². The Balaban J connectivity index is 2.05. The van der Waals surface area contributed by atoms with Crippen LogP contribution >= 0.6 is 15.9 Å². The van der Waals surface area contributed by atoms with Crippen LogP contribution in [0.1, 0.15) is 61.9 Å². The van der Waals surface area contributed by atoms with Gasteiger partial charge in [-0.3, -0.25) is 18.7 Å². The Morgan fingerprint density at radius 1 is 1.00 bits per heavy atom. The molecule has 0 aliphatic carbocycles. The molecule has 0 amide bonds. The molecule has 0 aliphatic rings. The Hall–Kier alpha value is -3.21. The Kier molecular flexibility index (Phi) is 10.2. The average Bonchev–Trinajstić information content (AvgIpc) is 2.91. The van der Waals surface area contributed by atoms with Crippen LogP contribution in [-0.2, 0) is 34.2 Å². The van der Waals surface area contributed by atoms with E-state index in [0.717, 1.165) is 32.9 Å². The third kappa shape index (κ3) is 7.10. The number of alkyl halides is 3. The van der Waals surface area contributed by atoms with Crippen LogP contribution in [0.5, 0.6) is 0 Å². The second kappa shape index (κ2) is 13.0. The molecular weight excluding hydrogens is 596 g/mol. The molecule has 0 bridgehead atoms. The Bertz CT molecular complexity index is 1470. The number of hydrogen-bond donors (Lipinski definition) is 0. The van der Waals surface area contributed by atoms with Crippen molar-refractivity contribution < 1.29 is 27.1 Å². The molecule has 0 N–H and O–H groups in total. The molecule has 1 aromatic heterocycles. The zero-order valence-corrected chi connectivity index (χ0v) is 24.1. The molecule has 0 saturated carbocycles. The second-order valence-electron chi connectivity index (χ2n) is 9.86. The van der Waals surface area contributed by atoms with Gasteiger partial charge in [-0.1, -0.05) is 49.7 Å². The molecule has 3 aromatic rings. The lowest BCUT2D eigenvalue weighted by molar-refractivity contribution is -0.143. The van der Waals surface area contributed by atoms with E-state index in [1.807, 2.05) is 37.3 Å². The summed E-state index contributed by atoms with van der Waals surface area (Å²) >= 11 is 3.20. The highest BCUT2D eigenvalue weighted by Gasteiger charge is 2.35. The van der Waals surface area contributed by atoms with Crippen molar-refractivity contribution in [2.45, 2.75) is 71.1 Å². The molecule has 0 radical (unpaired) electrons. The van der Waals surface area contributed by atoms with Crippen molar-refractivity contribution in [1.29, 1.82) is 0 Å². The quantitative estimate of drug-likeness (QED) is 0.141. The van der Waals surface area contributed by atoms with Crippen LogP contribution < -0.4 is 11.2 Å². The largest absolute Gasteiger partial charge is 0.466 e. The molecule has 0 saturated heterocycles. The van der Waals surface area contributed by atoms with E-state index >= 15 is 0 Å². The number of benzene rings is 2. The summed E-state index contributed by atoms with van der Waals surface area (Å²) in [4.78, 5) is 38.7. The number of carbonyl (C=O) groups excluding carboxylic acids is 1. The van der Waals surface area contributed by atoms with E-state index in [4.69, 9.17) is 4.74 Å². The number of hydrogen-bond acceptors (Lipinski definition) is 4. The number of nitrogens with zero attached hydrogens (tertiary/aromatic N) is 2. The number of aromatic nitrogens is 2. The van der Waals surface area contributed by atoms with Gasteiger partial charge < -0.3 is 4.74 Å². The zero-order chi connectivity index (χ0) is 29.7. The standard InChI is InChI=1S/C29H31BrF4N2O4/c1-4-40-24(37)15-8-9-16-28(3,20-11-6-5-7-12-20)18-36-26(38)25(30)19(2)35(27(36)39)17-21-22(29(32,33)34)13-10-14-23(21)31/h5-7,10-14H,4,8-9,15-18H2,1-3H3.